The number of rotatable bonds is 6. The Bertz CT molecular complexity index is 575. The highest BCUT2D eigenvalue weighted by molar-refractivity contribution is 5.76. The van der Waals surface area contributed by atoms with Crippen LogP contribution in [0.25, 0.3) is 11.0 Å². The second-order valence-corrected chi connectivity index (χ2v) is 4.67. The molecule has 0 fully saturated rings. The SMILES string of the molecule is CC(C)OCc1nc2ccccc2n1CCC(=O)O. The van der Waals surface area contributed by atoms with Gasteiger partial charge in [-0.3, -0.25) is 4.79 Å². The number of hydrogen-bond donors (Lipinski definition) is 1. The summed E-state index contributed by atoms with van der Waals surface area (Å²) >= 11 is 0. The lowest BCUT2D eigenvalue weighted by Gasteiger charge is -2.10. The Balaban J connectivity index is 2.31. The number of benzene rings is 1. The monoisotopic (exact) mass is 262 g/mol. The Hall–Kier alpha value is -1.88. The third kappa shape index (κ3) is 3.32. The zero-order valence-corrected chi connectivity index (χ0v) is 11.2. The number of hydrogen-bond acceptors (Lipinski definition) is 3. The predicted molar refractivity (Wildman–Crippen MR) is 71.9 cm³/mol. The molecular formula is C14H18N2O3. The van der Waals surface area contributed by atoms with E-state index in [1.54, 1.807) is 0 Å². The average molecular weight is 262 g/mol. The standard InChI is InChI=1S/C14H18N2O3/c1-10(2)19-9-13-15-11-5-3-4-6-12(11)16(13)8-7-14(17)18/h3-6,10H,7-9H2,1-2H3,(H,17,18). The van der Waals surface area contributed by atoms with Gasteiger partial charge in [-0.2, -0.15) is 0 Å². The van der Waals surface area contributed by atoms with E-state index >= 15 is 0 Å². The highest BCUT2D eigenvalue weighted by Crippen LogP contribution is 2.17. The summed E-state index contributed by atoms with van der Waals surface area (Å²) in [6.07, 6.45) is 0.197. The van der Waals surface area contributed by atoms with Crippen molar-refractivity contribution in [1.29, 1.82) is 0 Å². The van der Waals surface area contributed by atoms with Gasteiger partial charge in [0.05, 0.1) is 23.6 Å². The van der Waals surface area contributed by atoms with Gasteiger partial charge in [0.25, 0.3) is 0 Å². The number of imidazole rings is 1. The fourth-order valence-electron chi connectivity index (χ4n) is 1.93. The fraction of sp³-hybridized carbons (Fsp3) is 0.429. The van der Waals surface area contributed by atoms with E-state index in [2.05, 4.69) is 4.98 Å². The Morgan fingerprint density at radius 3 is 2.84 bits per heavy atom. The smallest absolute Gasteiger partial charge is 0.305 e. The van der Waals surface area contributed by atoms with Gasteiger partial charge >= 0.3 is 5.97 Å². The molecule has 19 heavy (non-hydrogen) atoms. The van der Waals surface area contributed by atoms with Crippen molar-refractivity contribution in [3.8, 4) is 0 Å². The average Bonchev–Trinajstić information content (AvgIpc) is 2.71. The van der Waals surface area contributed by atoms with Crippen molar-refractivity contribution in [3.63, 3.8) is 0 Å². The molecule has 102 valence electrons. The molecule has 0 unspecified atom stereocenters. The minimum absolute atomic E-state index is 0.0784. The lowest BCUT2D eigenvalue weighted by molar-refractivity contribution is -0.137. The van der Waals surface area contributed by atoms with Gasteiger partial charge in [0, 0.05) is 6.54 Å². The number of aryl methyl sites for hydroxylation is 1. The van der Waals surface area contributed by atoms with Crippen LogP contribution < -0.4 is 0 Å². The number of carboxylic acid groups (broad SMARTS) is 1. The Morgan fingerprint density at radius 1 is 1.42 bits per heavy atom. The van der Waals surface area contributed by atoms with E-state index < -0.39 is 5.97 Å². The highest BCUT2D eigenvalue weighted by Gasteiger charge is 2.12. The summed E-state index contributed by atoms with van der Waals surface area (Å²) in [5.74, 6) is -0.0374. The number of aromatic nitrogens is 2. The molecule has 5 nitrogen and oxygen atoms in total. The first-order chi connectivity index (χ1) is 9.08. The molecule has 2 aromatic rings. The lowest BCUT2D eigenvalue weighted by Crippen LogP contribution is -2.11. The molecule has 0 saturated carbocycles. The van der Waals surface area contributed by atoms with E-state index in [0.29, 0.717) is 13.2 Å². The van der Waals surface area contributed by atoms with Crippen molar-refractivity contribution in [1.82, 2.24) is 9.55 Å². The van der Waals surface area contributed by atoms with Crippen LogP contribution in [0.4, 0.5) is 0 Å². The molecule has 0 atom stereocenters. The molecule has 0 bridgehead atoms. The quantitative estimate of drug-likeness (QED) is 0.868. The second kappa shape index (κ2) is 5.84. The number of para-hydroxylation sites is 2. The number of ether oxygens (including phenoxy) is 1. The van der Waals surface area contributed by atoms with Crippen LogP contribution in [0.2, 0.25) is 0 Å². The van der Waals surface area contributed by atoms with Gasteiger partial charge in [0.15, 0.2) is 0 Å². The summed E-state index contributed by atoms with van der Waals surface area (Å²) in [4.78, 5) is 15.3. The predicted octanol–water partition coefficient (Wildman–Crippen LogP) is 2.44. The largest absolute Gasteiger partial charge is 0.481 e. The Kier molecular flexibility index (Phi) is 4.16. The summed E-state index contributed by atoms with van der Waals surface area (Å²) in [5.41, 5.74) is 1.82. The lowest BCUT2D eigenvalue weighted by atomic mass is 10.3. The first-order valence-corrected chi connectivity index (χ1v) is 6.35. The van der Waals surface area contributed by atoms with Crippen LogP contribution in [0, 0.1) is 0 Å². The molecule has 0 saturated heterocycles. The molecule has 0 amide bonds. The van der Waals surface area contributed by atoms with Crippen LogP contribution in [0.3, 0.4) is 0 Å². The van der Waals surface area contributed by atoms with Crippen molar-refractivity contribution in [3.05, 3.63) is 30.1 Å². The van der Waals surface area contributed by atoms with Gasteiger partial charge in [-0.05, 0) is 26.0 Å². The van der Waals surface area contributed by atoms with Gasteiger partial charge in [0.1, 0.15) is 12.4 Å². The van der Waals surface area contributed by atoms with Crippen LogP contribution >= 0.6 is 0 Å². The number of aliphatic carboxylic acids is 1. The molecule has 0 aliphatic rings. The van der Waals surface area contributed by atoms with E-state index in [1.807, 2.05) is 42.7 Å². The van der Waals surface area contributed by atoms with Gasteiger partial charge in [-0.15, -0.1) is 0 Å². The first kappa shape index (κ1) is 13.5. The van der Waals surface area contributed by atoms with Crippen molar-refractivity contribution >= 4 is 17.0 Å². The van der Waals surface area contributed by atoms with Crippen LogP contribution in [-0.2, 0) is 22.7 Å². The molecule has 1 aromatic carbocycles. The number of carbonyl (C=O) groups is 1. The summed E-state index contributed by atoms with van der Waals surface area (Å²) in [7, 11) is 0. The van der Waals surface area contributed by atoms with E-state index in [1.165, 1.54) is 0 Å². The molecule has 5 heteroatoms. The highest BCUT2D eigenvalue weighted by atomic mass is 16.5. The summed E-state index contributed by atoms with van der Waals surface area (Å²) < 4.78 is 7.50. The molecule has 0 radical (unpaired) electrons. The van der Waals surface area contributed by atoms with Crippen LogP contribution in [0.15, 0.2) is 24.3 Å². The molecular weight excluding hydrogens is 244 g/mol. The molecule has 1 aromatic heterocycles. The maximum absolute atomic E-state index is 10.7. The van der Waals surface area contributed by atoms with E-state index in [9.17, 15) is 4.79 Å². The van der Waals surface area contributed by atoms with E-state index in [4.69, 9.17) is 9.84 Å². The normalized spacial score (nSPS) is 11.3. The summed E-state index contributed by atoms with van der Waals surface area (Å²) in [6, 6.07) is 7.72. The zero-order valence-electron chi connectivity index (χ0n) is 11.2. The van der Waals surface area contributed by atoms with Crippen LogP contribution in [0.1, 0.15) is 26.1 Å². The maximum Gasteiger partial charge on any atom is 0.305 e. The zero-order chi connectivity index (χ0) is 13.8. The van der Waals surface area contributed by atoms with Crippen molar-refractivity contribution in [2.45, 2.75) is 39.5 Å². The van der Waals surface area contributed by atoms with Crippen molar-refractivity contribution in [2.75, 3.05) is 0 Å². The van der Waals surface area contributed by atoms with Gasteiger partial charge in [-0.1, -0.05) is 12.1 Å². The van der Waals surface area contributed by atoms with Crippen LogP contribution in [0.5, 0.6) is 0 Å². The third-order valence-electron chi connectivity index (χ3n) is 2.83. The Labute approximate surface area is 111 Å². The molecule has 0 spiro atoms. The van der Waals surface area contributed by atoms with E-state index in [0.717, 1.165) is 16.9 Å². The topological polar surface area (TPSA) is 64.4 Å². The van der Waals surface area contributed by atoms with E-state index in [-0.39, 0.29) is 12.5 Å². The van der Waals surface area contributed by atoms with Crippen molar-refractivity contribution < 1.29 is 14.6 Å². The molecule has 2 rings (SSSR count). The minimum atomic E-state index is -0.812. The van der Waals surface area contributed by atoms with Crippen molar-refractivity contribution in [2.24, 2.45) is 0 Å². The molecule has 1 heterocycles. The number of fused-ring (bicyclic) bond motifs is 1. The molecule has 0 aliphatic carbocycles. The third-order valence-corrected chi connectivity index (χ3v) is 2.83. The van der Waals surface area contributed by atoms with Gasteiger partial charge in [-0.25, -0.2) is 4.98 Å². The number of carboxylic acids is 1. The summed E-state index contributed by atoms with van der Waals surface area (Å²) in [6.45, 7) is 4.73. The second-order valence-electron chi connectivity index (χ2n) is 4.67. The van der Waals surface area contributed by atoms with Gasteiger partial charge in [0.2, 0.25) is 0 Å². The summed E-state index contributed by atoms with van der Waals surface area (Å²) in [5, 5.41) is 8.83. The van der Waals surface area contributed by atoms with Crippen LogP contribution in [-0.4, -0.2) is 26.7 Å². The Morgan fingerprint density at radius 2 is 2.16 bits per heavy atom. The number of nitrogens with zero attached hydrogens (tertiary/aromatic N) is 2. The maximum atomic E-state index is 10.7. The molecule has 0 aliphatic heterocycles. The van der Waals surface area contributed by atoms with Gasteiger partial charge < -0.3 is 14.4 Å². The first-order valence-electron chi connectivity index (χ1n) is 6.35. The molecule has 1 N–H and O–H groups in total. The minimum Gasteiger partial charge on any atom is -0.481 e. The fourth-order valence-corrected chi connectivity index (χ4v) is 1.93.